The van der Waals surface area contributed by atoms with E-state index in [0.717, 1.165) is 25.9 Å². The molecule has 0 bridgehead atoms. The van der Waals surface area contributed by atoms with Crippen LogP contribution in [0.3, 0.4) is 0 Å². The number of likely N-dealkylation sites (tertiary alicyclic amines) is 2. The molecule has 2 aliphatic rings. The van der Waals surface area contributed by atoms with Crippen molar-refractivity contribution in [2.45, 2.75) is 64.5 Å². The van der Waals surface area contributed by atoms with Gasteiger partial charge in [-0.2, -0.15) is 0 Å². The fourth-order valence-corrected chi connectivity index (χ4v) is 3.51. The Morgan fingerprint density at radius 2 is 1.95 bits per heavy atom. The van der Waals surface area contributed by atoms with Crippen molar-refractivity contribution < 1.29 is 9.59 Å². The normalized spacial score (nSPS) is 27.1. The number of rotatable bonds is 6. The first kappa shape index (κ1) is 16.3. The molecule has 2 fully saturated rings. The second-order valence-corrected chi connectivity index (χ2v) is 6.49. The molecule has 2 amide bonds. The van der Waals surface area contributed by atoms with E-state index in [1.165, 1.54) is 19.3 Å². The number of hydrogen-bond donors (Lipinski definition) is 1. The van der Waals surface area contributed by atoms with E-state index in [0.29, 0.717) is 25.0 Å². The fraction of sp³-hybridized carbons (Fsp3) is 0.875. The van der Waals surface area contributed by atoms with Gasteiger partial charge in [0.05, 0.1) is 6.54 Å². The van der Waals surface area contributed by atoms with Gasteiger partial charge in [-0.25, -0.2) is 0 Å². The Morgan fingerprint density at radius 3 is 2.57 bits per heavy atom. The number of amides is 2. The highest BCUT2D eigenvalue weighted by Gasteiger charge is 2.24. The molecule has 2 rings (SSSR count). The average molecular weight is 295 g/mol. The van der Waals surface area contributed by atoms with E-state index < -0.39 is 0 Å². The minimum atomic E-state index is -0.0232. The second-order valence-electron chi connectivity index (χ2n) is 6.49. The van der Waals surface area contributed by atoms with Crippen molar-refractivity contribution in [3.05, 3.63) is 0 Å². The van der Waals surface area contributed by atoms with Gasteiger partial charge in [0, 0.05) is 38.1 Å². The van der Waals surface area contributed by atoms with Crippen LogP contribution in [-0.4, -0.2) is 59.9 Å². The molecule has 2 saturated heterocycles. The van der Waals surface area contributed by atoms with Crippen LogP contribution in [0, 0.1) is 0 Å². The van der Waals surface area contributed by atoms with Gasteiger partial charge in [-0.1, -0.05) is 6.42 Å². The number of nitrogens with one attached hydrogen (secondary N) is 1. The molecule has 120 valence electrons. The van der Waals surface area contributed by atoms with Crippen molar-refractivity contribution in [2.75, 3.05) is 26.2 Å². The van der Waals surface area contributed by atoms with E-state index in [1.807, 2.05) is 0 Å². The van der Waals surface area contributed by atoms with Crippen LogP contribution in [0.15, 0.2) is 0 Å². The van der Waals surface area contributed by atoms with Crippen molar-refractivity contribution in [1.82, 2.24) is 15.1 Å². The Bertz CT molecular complexity index is 363. The van der Waals surface area contributed by atoms with Gasteiger partial charge in [-0.15, -0.1) is 0 Å². The maximum absolute atomic E-state index is 11.8. The Kier molecular flexibility index (Phi) is 6.03. The van der Waals surface area contributed by atoms with Crippen LogP contribution < -0.4 is 5.32 Å². The lowest BCUT2D eigenvalue weighted by Gasteiger charge is -2.39. The van der Waals surface area contributed by atoms with Gasteiger partial charge in [0.2, 0.25) is 11.8 Å². The summed E-state index contributed by atoms with van der Waals surface area (Å²) in [6.45, 7) is 7.31. The third-order valence-electron chi connectivity index (χ3n) is 4.80. The van der Waals surface area contributed by atoms with Crippen LogP contribution in [0.25, 0.3) is 0 Å². The van der Waals surface area contributed by atoms with E-state index in [2.05, 4.69) is 24.1 Å². The molecule has 0 unspecified atom stereocenters. The summed E-state index contributed by atoms with van der Waals surface area (Å²) in [7, 11) is 0. The predicted molar refractivity (Wildman–Crippen MR) is 82.9 cm³/mol. The highest BCUT2D eigenvalue weighted by Crippen LogP contribution is 2.22. The third-order valence-corrected chi connectivity index (χ3v) is 4.80. The molecule has 0 aromatic carbocycles. The zero-order valence-electron chi connectivity index (χ0n) is 13.4. The highest BCUT2D eigenvalue weighted by atomic mass is 16.2. The van der Waals surface area contributed by atoms with E-state index >= 15 is 0 Å². The van der Waals surface area contributed by atoms with E-state index in [9.17, 15) is 9.59 Å². The van der Waals surface area contributed by atoms with Gasteiger partial charge in [0.25, 0.3) is 0 Å². The lowest BCUT2D eigenvalue weighted by atomic mass is 9.97. The number of hydrogen-bond acceptors (Lipinski definition) is 3. The Hall–Kier alpha value is -1.10. The maximum atomic E-state index is 11.8. The molecule has 5 heteroatoms. The first-order valence-electron chi connectivity index (χ1n) is 8.38. The molecule has 5 nitrogen and oxygen atoms in total. The van der Waals surface area contributed by atoms with Crippen LogP contribution in [0.1, 0.15) is 52.4 Å². The van der Waals surface area contributed by atoms with Crippen LogP contribution in [0.2, 0.25) is 0 Å². The Balaban J connectivity index is 1.60. The molecule has 2 heterocycles. The van der Waals surface area contributed by atoms with Crippen molar-refractivity contribution in [2.24, 2.45) is 0 Å². The minimum absolute atomic E-state index is 0.0232. The summed E-state index contributed by atoms with van der Waals surface area (Å²) in [5, 5.41) is 2.94. The summed E-state index contributed by atoms with van der Waals surface area (Å²) in [4.78, 5) is 27.5. The van der Waals surface area contributed by atoms with E-state index in [1.54, 1.807) is 4.90 Å². The van der Waals surface area contributed by atoms with Gasteiger partial charge in [0.1, 0.15) is 0 Å². The first-order valence-corrected chi connectivity index (χ1v) is 8.38. The van der Waals surface area contributed by atoms with Gasteiger partial charge in [-0.3, -0.25) is 14.5 Å². The first-order chi connectivity index (χ1) is 10.1. The molecule has 0 saturated carbocycles. The Morgan fingerprint density at radius 1 is 1.24 bits per heavy atom. The highest BCUT2D eigenvalue weighted by molar-refractivity contribution is 5.85. The molecule has 2 aliphatic heterocycles. The van der Waals surface area contributed by atoms with Crippen molar-refractivity contribution in [3.63, 3.8) is 0 Å². The number of carbonyl (C=O) groups is 2. The summed E-state index contributed by atoms with van der Waals surface area (Å²) in [5.41, 5.74) is 0. The Labute approximate surface area is 128 Å². The number of piperidine rings is 1. The van der Waals surface area contributed by atoms with Gasteiger partial charge >= 0.3 is 0 Å². The fourth-order valence-electron chi connectivity index (χ4n) is 3.51. The second kappa shape index (κ2) is 7.78. The number of nitrogens with zero attached hydrogens (tertiary/aromatic N) is 2. The molecule has 0 aromatic heterocycles. The quantitative estimate of drug-likeness (QED) is 0.753. The monoisotopic (exact) mass is 295 g/mol. The molecule has 2 atom stereocenters. The summed E-state index contributed by atoms with van der Waals surface area (Å²) >= 11 is 0. The summed E-state index contributed by atoms with van der Waals surface area (Å²) in [6, 6.07) is 1.32. The summed E-state index contributed by atoms with van der Waals surface area (Å²) in [5.74, 6) is 0.0890. The van der Waals surface area contributed by atoms with Crippen LogP contribution in [0.5, 0.6) is 0 Å². The molecule has 0 spiro atoms. The molecule has 0 radical (unpaired) electrons. The zero-order valence-corrected chi connectivity index (χ0v) is 13.4. The van der Waals surface area contributed by atoms with Crippen molar-refractivity contribution >= 4 is 11.8 Å². The van der Waals surface area contributed by atoms with E-state index in [4.69, 9.17) is 0 Å². The predicted octanol–water partition coefficient (Wildman–Crippen LogP) is 1.38. The lowest BCUT2D eigenvalue weighted by Crippen LogP contribution is -2.45. The molecular weight excluding hydrogens is 266 g/mol. The molecule has 0 aliphatic carbocycles. The maximum Gasteiger partial charge on any atom is 0.239 e. The van der Waals surface area contributed by atoms with E-state index in [-0.39, 0.29) is 18.4 Å². The smallest absolute Gasteiger partial charge is 0.239 e. The van der Waals surface area contributed by atoms with Crippen molar-refractivity contribution in [1.29, 1.82) is 0 Å². The minimum Gasteiger partial charge on any atom is -0.355 e. The average Bonchev–Trinajstić information content (AvgIpc) is 2.83. The molecule has 1 N–H and O–H groups in total. The van der Waals surface area contributed by atoms with Gasteiger partial charge < -0.3 is 10.2 Å². The van der Waals surface area contributed by atoms with Gasteiger partial charge in [-0.05, 0) is 39.5 Å². The zero-order chi connectivity index (χ0) is 15.2. The summed E-state index contributed by atoms with van der Waals surface area (Å²) < 4.78 is 0. The van der Waals surface area contributed by atoms with Crippen LogP contribution in [-0.2, 0) is 9.59 Å². The number of carbonyl (C=O) groups excluding carboxylic acids is 2. The molecule has 21 heavy (non-hydrogen) atoms. The largest absolute Gasteiger partial charge is 0.355 e. The standard InChI is InChI=1S/C16H29N3O2/c1-13-6-3-7-14(2)19(13)11-5-9-17-15(20)12-18-10-4-8-16(18)21/h13-14H,3-12H2,1-2H3,(H,17,20)/t13-,14-/m1/s1. The molecule has 0 aromatic rings. The SMILES string of the molecule is C[C@@H]1CCC[C@@H](C)N1CCCNC(=O)CN1CCCC1=O. The van der Waals surface area contributed by atoms with Crippen LogP contribution >= 0.6 is 0 Å². The van der Waals surface area contributed by atoms with Crippen LogP contribution in [0.4, 0.5) is 0 Å². The molecular formula is C16H29N3O2. The van der Waals surface area contributed by atoms with Crippen molar-refractivity contribution in [3.8, 4) is 0 Å². The summed E-state index contributed by atoms with van der Waals surface area (Å²) in [6.07, 6.45) is 6.37. The van der Waals surface area contributed by atoms with Gasteiger partial charge in [0.15, 0.2) is 0 Å². The lowest BCUT2D eigenvalue weighted by molar-refractivity contribution is -0.133. The third kappa shape index (κ3) is 4.70. The topological polar surface area (TPSA) is 52.7 Å².